The first-order valence-electron chi connectivity index (χ1n) is 7.31. The molecule has 2 atom stereocenters. The van der Waals surface area contributed by atoms with Crippen LogP contribution in [0.25, 0.3) is 0 Å². The maximum absolute atomic E-state index is 13.6. The van der Waals surface area contributed by atoms with E-state index in [9.17, 15) is 9.18 Å². The zero-order valence-corrected chi connectivity index (χ0v) is 12.1. The molecule has 0 bridgehead atoms. The average Bonchev–Trinajstić information content (AvgIpc) is 2.92. The Labute approximate surface area is 126 Å². The van der Waals surface area contributed by atoms with E-state index in [1.807, 2.05) is 6.07 Å². The first-order chi connectivity index (χ1) is 10.6. The van der Waals surface area contributed by atoms with Gasteiger partial charge in [0, 0.05) is 17.7 Å². The number of aromatic nitrogens is 3. The number of anilines is 1. The Kier molecular flexibility index (Phi) is 2.85. The molecule has 1 aromatic heterocycles. The van der Waals surface area contributed by atoms with Crippen molar-refractivity contribution in [2.75, 3.05) is 5.32 Å². The first-order valence-corrected chi connectivity index (χ1v) is 7.31. The SMILES string of the molecule is C[C@@H]1CC(=O)C2=C(C1)Nc1ncnn1[C@H]2c1cccc(F)c1. The summed E-state index contributed by atoms with van der Waals surface area (Å²) in [6.45, 7) is 2.06. The van der Waals surface area contributed by atoms with Gasteiger partial charge in [0.25, 0.3) is 0 Å². The molecule has 0 radical (unpaired) electrons. The Bertz CT molecular complexity index is 795. The van der Waals surface area contributed by atoms with E-state index in [1.165, 1.54) is 18.5 Å². The zero-order valence-electron chi connectivity index (χ0n) is 12.1. The fourth-order valence-electron chi connectivity index (χ4n) is 3.33. The summed E-state index contributed by atoms with van der Waals surface area (Å²) in [4.78, 5) is 16.8. The number of fused-ring (bicyclic) bond motifs is 1. The van der Waals surface area contributed by atoms with Gasteiger partial charge in [0.15, 0.2) is 5.78 Å². The number of hydrogen-bond acceptors (Lipinski definition) is 4. The average molecular weight is 298 g/mol. The molecule has 0 saturated heterocycles. The van der Waals surface area contributed by atoms with Gasteiger partial charge in [-0.2, -0.15) is 10.1 Å². The van der Waals surface area contributed by atoms with Crippen molar-refractivity contribution in [3.63, 3.8) is 0 Å². The molecule has 112 valence electrons. The number of rotatable bonds is 1. The van der Waals surface area contributed by atoms with E-state index in [0.717, 1.165) is 12.1 Å². The van der Waals surface area contributed by atoms with Gasteiger partial charge in [0.1, 0.15) is 18.2 Å². The fourth-order valence-corrected chi connectivity index (χ4v) is 3.33. The molecule has 2 heterocycles. The molecule has 2 aliphatic rings. The molecule has 1 aliphatic carbocycles. The molecule has 0 amide bonds. The first kappa shape index (κ1) is 13.2. The van der Waals surface area contributed by atoms with E-state index in [0.29, 0.717) is 29.4 Å². The van der Waals surface area contributed by atoms with Gasteiger partial charge in [-0.1, -0.05) is 19.1 Å². The number of hydrogen-bond donors (Lipinski definition) is 1. The molecular weight excluding hydrogens is 283 g/mol. The standard InChI is InChI=1S/C16H15FN4O/c1-9-5-12-14(13(22)6-9)15(10-3-2-4-11(17)7-10)21-16(20-12)18-8-19-21/h2-4,7-9,15H,5-6H2,1H3,(H,18,19,20)/t9-,15-/m0/s1. The van der Waals surface area contributed by atoms with Crippen molar-refractivity contribution in [2.24, 2.45) is 5.92 Å². The van der Waals surface area contributed by atoms with Crippen LogP contribution in [0.1, 0.15) is 31.4 Å². The summed E-state index contributed by atoms with van der Waals surface area (Å²) in [6, 6.07) is 5.91. The summed E-state index contributed by atoms with van der Waals surface area (Å²) in [5, 5.41) is 7.43. The predicted octanol–water partition coefficient (Wildman–Crippen LogP) is 2.69. The summed E-state index contributed by atoms with van der Waals surface area (Å²) < 4.78 is 15.3. The molecule has 1 N–H and O–H groups in total. The van der Waals surface area contributed by atoms with Crippen LogP contribution in [0.5, 0.6) is 0 Å². The molecule has 0 unspecified atom stereocenters. The van der Waals surface area contributed by atoms with Gasteiger partial charge in [-0.05, 0) is 30.0 Å². The smallest absolute Gasteiger partial charge is 0.226 e. The van der Waals surface area contributed by atoms with Gasteiger partial charge in [-0.3, -0.25) is 4.79 Å². The molecule has 5 nitrogen and oxygen atoms in total. The van der Waals surface area contributed by atoms with Gasteiger partial charge in [0.05, 0.1) is 0 Å². The van der Waals surface area contributed by atoms with E-state index in [4.69, 9.17) is 0 Å². The summed E-state index contributed by atoms with van der Waals surface area (Å²) in [5.74, 6) is 0.657. The van der Waals surface area contributed by atoms with Crippen LogP contribution in [0.15, 0.2) is 41.9 Å². The highest BCUT2D eigenvalue weighted by Crippen LogP contribution is 2.40. The maximum atomic E-state index is 13.6. The third-order valence-corrected chi connectivity index (χ3v) is 4.23. The summed E-state index contributed by atoms with van der Waals surface area (Å²) in [5.41, 5.74) is 2.28. The van der Waals surface area contributed by atoms with E-state index in [2.05, 4.69) is 22.3 Å². The minimum absolute atomic E-state index is 0.0941. The van der Waals surface area contributed by atoms with Crippen molar-refractivity contribution in [3.05, 3.63) is 53.2 Å². The quantitative estimate of drug-likeness (QED) is 0.879. The van der Waals surface area contributed by atoms with Crippen LogP contribution in [-0.4, -0.2) is 20.5 Å². The number of carbonyl (C=O) groups excluding carboxylic acids is 1. The number of Topliss-reactive ketones (excluding diaryl/α,β-unsaturated/α-hetero) is 1. The highest BCUT2D eigenvalue weighted by Gasteiger charge is 2.37. The maximum Gasteiger partial charge on any atom is 0.226 e. The molecule has 1 aromatic carbocycles. The Morgan fingerprint density at radius 1 is 1.36 bits per heavy atom. The molecule has 4 rings (SSSR count). The minimum atomic E-state index is -0.413. The van der Waals surface area contributed by atoms with E-state index in [-0.39, 0.29) is 11.6 Å². The Morgan fingerprint density at radius 3 is 3.05 bits per heavy atom. The predicted molar refractivity (Wildman–Crippen MR) is 78.6 cm³/mol. The highest BCUT2D eigenvalue weighted by molar-refractivity contribution is 5.99. The topological polar surface area (TPSA) is 59.8 Å². The molecule has 1 aliphatic heterocycles. The second-order valence-corrected chi connectivity index (χ2v) is 5.94. The number of benzene rings is 1. The van der Waals surface area contributed by atoms with Crippen molar-refractivity contribution < 1.29 is 9.18 Å². The van der Waals surface area contributed by atoms with Crippen molar-refractivity contribution in [2.45, 2.75) is 25.8 Å². The summed E-state index contributed by atoms with van der Waals surface area (Å²) in [6.07, 6.45) is 2.75. The number of nitrogens with zero attached hydrogens (tertiary/aromatic N) is 3. The number of halogens is 1. The lowest BCUT2D eigenvalue weighted by molar-refractivity contribution is -0.117. The molecule has 2 aromatic rings. The fraction of sp³-hybridized carbons (Fsp3) is 0.312. The van der Waals surface area contributed by atoms with Gasteiger partial charge in [-0.25, -0.2) is 9.07 Å². The van der Waals surface area contributed by atoms with Crippen molar-refractivity contribution in [1.29, 1.82) is 0 Å². The number of ketones is 1. The lowest BCUT2D eigenvalue weighted by Gasteiger charge is -2.34. The van der Waals surface area contributed by atoms with Crippen molar-refractivity contribution in [1.82, 2.24) is 14.8 Å². The van der Waals surface area contributed by atoms with Crippen LogP contribution in [0.3, 0.4) is 0 Å². The molecule has 22 heavy (non-hydrogen) atoms. The molecular formula is C16H15FN4O. The lowest BCUT2D eigenvalue weighted by Crippen LogP contribution is -2.33. The van der Waals surface area contributed by atoms with Crippen LogP contribution in [0.2, 0.25) is 0 Å². The van der Waals surface area contributed by atoms with E-state index < -0.39 is 6.04 Å². The lowest BCUT2D eigenvalue weighted by atomic mass is 9.81. The number of nitrogens with one attached hydrogen (secondary N) is 1. The van der Waals surface area contributed by atoms with Crippen molar-refractivity contribution >= 4 is 11.7 Å². The second-order valence-electron chi connectivity index (χ2n) is 5.94. The van der Waals surface area contributed by atoms with Gasteiger partial charge >= 0.3 is 0 Å². The second kappa shape index (κ2) is 4.76. The van der Waals surface area contributed by atoms with Gasteiger partial charge in [0.2, 0.25) is 5.95 Å². The third-order valence-electron chi connectivity index (χ3n) is 4.23. The number of allylic oxidation sites excluding steroid dienone is 2. The van der Waals surface area contributed by atoms with Gasteiger partial charge in [-0.15, -0.1) is 0 Å². The van der Waals surface area contributed by atoms with E-state index >= 15 is 0 Å². The van der Waals surface area contributed by atoms with Crippen molar-refractivity contribution in [3.8, 4) is 0 Å². The van der Waals surface area contributed by atoms with E-state index in [1.54, 1.807) is 10.7 Å². The zero-order chi connectivity index (χ0) is 15.3. The Morgan fingerprint density at radius 2 is 2.23 bits per heavy atom. The highest BCUT2D eigenvalue weighted by atomic mass is 19.1. The summed E-state index contributed by atoms with van der Waals surface area (Å²) in [7, 11) is 0. The largest absolute Gasteiger partial charge is 0.328 e. The number of carbonyl (C=O) groups is 1. The van der Waals surface area contributed by atoms with Gasteiger partial charge < -0.3 is 5.32 Å². The monoisotopic (exact) mass is 298 g/mol. The normalized spacial score (nSPS) is 23.8. The van der Waals surface area contributed by atoms with Crippen LogP contribution >= 0.6 is 0 Å². The minimum Gasteiger partial charge on any atom is -0.328 e. The van der Waals surface area contributed by atoms with Crippen LogP contribution < -0.4 is 5.32 Å². The van der Waals surface area contributed by atoms with Crippen LogP contribution in [0.4, 0.5) is 10.3 Å². The Hall–Kier alpha value is -2.50. The van der Waals surface area contributed by atoms with Crippen LogP contribution in [0, 0.1) is 11.7 Å². The molecule has 0 spiro atoms. The summed E-state index contributed by atoms with van der Waals surface area (Å²) >= 11 is 0. The third kappa shape index (κ3) is 1.94. The molecule has 6 heteroatoms. The molecule has 0 fully saturated rings. The molecule has 0 saturated carbocycles. The Balaban J connectivity index is 1.92. The van der Waals surface area contributed by atoms with Crippen LogP contribution in [-0.2, 0) is 4.79 Å².